The first-order chi connectivity index (χ1) is 21.2. The molecule has 1 saturated carbocycles. The summed E-state index contributed by atoms with van der Waals surface area (Å²) in [6.07, 6.45) is 7.01. The Balaban J connectivity index is 1.15. The number of benzene rings is 2. The number of fused-ring (bicyclic) bond motifs is 1. The lowest BCUT2D eigenvalue weighted by Crippen LogP contribution is -2.38. The van der Waals surface area contributed by atoms with E-state index in [9.17, 15) is 9.59 Å². The van der Waals surface area contributed by atoms with Gasteiger partial charge in [0, 0.05) is 37.3 Å². The van der Waals surface area contributed by atoms with E-state index in [0.29, 0.717) is 47.9 Å². The van der Waals surface area contributed by atoms with Gasteiger partial charge in [0.25, 0.3) is 0 Å². The number of anilines is 1. The van der Waals surface area contributed by atoms with Crippen LogP contribution < -0.4 is 10.5 Å². The largest absolute Gasteiger partial charge is 0.457 e. The van der Waals surface area contributed by atoms with Crippen LogP contribution in [0.15, 0.2) is 73.1 Å². The van der Waals surface area contributed by atoms with Gasteiger partial charge < -0.3 is 25.0 Å². The first kappa shape index (κ1) is 29.2. The molecule has 6 rings (SSSR count). The zero-order valence-corrected chi connectivity index (χ0v) is 25.2. The summed E-state index contributed by atoms with van der Waals surface area (Å²) < 4.78 is 13.4. The summed E-state index contributed by atoms with van der Waals surface area (Å²) in [5.74, 6) is 1.70. The molecule has 1 aliphatic carbocycles. The molecule has 1 atom stereocenters. The normalized spacial score (nSPS) is 16.9. The summed E-state index contributed by atoms with van der Waals surface area (Å²) in [6.45, 7) is 6.94. The van der Waals surface area contributed by atoms with Crippen molar-refractivity contribution in [3.05, 3.63) is 73.1 Å². The fourth-order valence-corrected chi connectivity index (χ4v) is 5.35. The van der Waals surface area contributed by atoms with Crippen molar-refractivity contribution >= 4 is 28.9 Å². The van der Waals surface area contributed by atoms with Gasteiger partial charge in [-0.05, 0) is 76.4 Å². The maximum absolute atomic E-state index is 13.1. The molecule has 1 saturated heterocycles. The summed E-state index contributed by atoms with van der Waals surface area (Å²) in [5.41, 5.74) is 7.93. The molecule has 2 fully saturated rings. The van der Waals surface area contributed by atoms with E-state index in [1.165, 1.54) is 6.33 Å². The second kappa shape index (κ2) is 12.0. The average Bonchev–Trinajstić information content (AvgIpc) is 3.56. The minimum absolute atomic E-state index is 0.0803. The number of carbonyl (C=O) groups is 2. The zero-order chi connectivity index (χ0) is 30.8. The monoisotopic (exact) mass is 595 g/mol. The van der Waals surface area contributed by atoms with Crippen LogP contribution in [0.1, 0.15) is 46.1 Å². The summed E-state index contributed by atoms with van der Waals surface area (Å²) >= 11 is 0. The molecule has 0 radical (unpaired) electrons. The van der Waals surface area contributed by atoms with Crippen molar-refractivity contribution in [1.29, 1.82) is 0 Å². The third-order valence-corrected chi connectivity index (χ3v) is 7.62. The molecule has 0 unspecified atom stereocenters. The van der Waals surface area contributed by atoms with Crippen LogP contribution in [0.4, 0.5) is 10.6 Å². The Morgan fingerprint density at radius 3 is 2.45 bits per heavy atom. The van der Waals surface area contributed by atoms with Crippen molar-refractivity contribution in [2.24, 2.45) is 0 Å². The Morgan fingerprint density at radius 1 is 1.02 bits per heavy atom. The van der Waals surface area contributed by atoms with Crippen LogP contribution in [0, 0.1) is 0 Å². The number of para-hydroxylation sites is 1. The molecule has 4 aromatic rings. The topological polar surface area (TPSA) is 129 Å². The second-order valence-electron chi connectivity index (χ2n) is 12.2. The zero-order valence-electron chi connectivity index (χ0n) is 25.2. The number of hydrogen-bond donors (Lipinski definition) is 1. The molecule has 2 aliphatic rings. The number of aromatic nitrogens is 4. The summed E-state index contributed by atoms with van der Waals surface area (Å²) in [5, 5.41) is 5.63. The number of likely N-dealkylation sites (tertiary alicyclic amines) is 1. The van der Waals surface area contributed by atoms with Crippen LogP contribution in [0.3, 0.4) is 0 Å². The first-order valence-corrected chi connectivity index (χ1v) is 14.9. The van der Waals surface area contributed by atoms with Crippen molar-refractivity contribution < 1.29 is 19.1 Å². The number of rotatable bonds is 8. The van der Waals surface area contributed by atoms with Gasteiger partial charge in [-0.15, -0.1) is 0 Å². The van der Waals surface area contributed by atoms with Crippen LogP contribution in [-0.2, 0) is 9.53 Å². The van der Waals surface area contributed by atoms with Crippen molar-refractivity contribution in [2.75, 3.05) is 25.4 Å². The first-order valence-electron chi connectivity index (χ1n) is 14.9. The van der Waals surface area contributed by atoms with Gasteiger partial charge in [-0.3, -0.25) is 4.79 Å². The van der Waals surface area contributed by atoms with E-state index in [2.05, 4.69) is 9.97 Å². The molecule has 228 valence electrons. The predicted octanol–water partition coefficient (Wildman–Crippen LogP) is 5.60. The smallest absolute Gasteiger partial charge is 0.410 e. The minimum Gasteiger partial charge on any atom is -0.457 e. The van der Waals surface area contributed by atoms with Crippen LogP contribution in [0.5, 0.6) is 11.5 Å². The number of ether oxygens (including phenoxy) is 2. The summed E-state index contributed by atoms with van der Waals surface area (Å²) in [6, 6.07) is 17.3. The van der Waals surface area contributed by atoms with Crippen LogP contribution in [-0.4, -0.2) is 72.8 Å². The van der Waals surface area contributed by atoms with Crippen LogP contribution >= 0.6 is 0 Å². The number of carbonyl (C=O) groups excluding carboxylic acids is 2. The molecule has 11 heteroatoms. The van der Waals surface area contributed by atoms with Crippen LogP contribution in [0.2, 0.25) is 0 Å². The predicted molar refractivity (Wildman–Crippen MR) is 167 cm³/mol. The van der Waals surface area contributed by atoms with E-state index in [0.717, 1.165) is 30.6 Å². The van der Waals surface area contributed by atoms with Crippen molar-refractivity contribution in [1.82, 2.24) is 29.5 Å². The highest BCUT2D eigenvalue weighted by molar-refractivity contribution is 5.98. The molecule has 11 nitrogen and oxygen atoms in total. The fraction of sp³-hybridized carbons (Fsp3) is 0.364. The highest BCUT2D eigenvalue weighted by atomic mass is 16.6. The van der Waals surface area contributed by atoms with E-state index < -0.39 is 5.60 Å². The molecular formula is C33H37N7O4. The molecule has 1 aliphatic heterocycles. The van der Waals surface area contributed by atoms with Gasteiger partial charge in [-0.2, -0.15) is 5.10 Å². The van der Waals surface area contributed by atoms with Crippen molar-refractivity contribution in [2.45, 2.75) is 57.7 Å². The third-order valence-electron chi connectivity index (χ3n) is 7.62. The summed E-state index contributed by atoms with van der Waals surface area (Å²) in [7, 11) is 0. The van der Waals surface area contributed by atoms with E-state index in [4.69, 9.17) is 20.3 Å². The number of nitrogen functional groups attached to an aromatic ring is 1. The lowest BCUT2D eigenvalue weighted by Gasteiger charge is -2.26. The Kier molecular flexibility index (Phi) is 7.94. The Hall–Kier alpha value is -4.93. The average molecular weight is 596 g/mol. The van der Waals surface area contributed by atoms with Crippen LogP contribution in [0.25, 0.3) is 22.3 Å². The number of amides is 2. The molecular weight excluding hydrogens is 558 g/mol. The highest BCUT2D eigenvalue weighted by Gasteiger charge is 2.35. The van der Waals surface area contributed by atoms with E-state index >= 15 is 0 Å². The number of hydrogen-bond acceptors (Lipinski definition) is 8. The molecule has 2 amide bonds. The lowest BCUT2D eigenvalue weighted by molar-refractivity contribution is -0.125. The van der Waals surface area contributed by atoms with Gasteiger partial charge in [0.05, 0.1) is 11.4 Å². The standard InChI is InChI=1S/C33H37N7O4/c1-33(2,3)44-32(42)39(23-13-14-23)18-7-10-27(41)38-19-17-24(20-38)40-31-28(30(34)35-21-36-31)29(37-40)22-11-15-26(16-12-22)43-25-8-5-4-6-9-25/h4-12,15-16,21,23-24H,13-14,17-20H2,1-3H3,(H2,34,35,36)/t24-/m1/s1. The van der Waals surface area contributed by atoms with Gasteiger partial charge in [0.15, 0.2) is 5.65 Å². The quantitative estimate of drug-likeness (QED) is 0.261. The highest BCUT2D eigenvalue weighted by Crippen LogP contribution is 2.35. The number of nitrogens with two attached hydrogens (primary N) is 1. The molecule has 0 spiro atoms. The van der Waals surface area contributed by atoms with Crippen molar-refractivity contribution in [3.63, 3.8) is 0 Å². The Morgan fingerprint density at radius 2 is 1.75 bits per heavy atom. The Labute approximate surface area is 256 Å². The second-order valence-corrected chi connectivity index (χ2v) is 12.2. The van der Waals surface area contributed by atoms with E-state index in [1.807, 2.05) is 80.1 Å². The maximum atomic E-state index is 13.1. The molecule has 2 aromatic carbocycles. The Bertz CT molecular complexity index is 1670. The fourth-order valence-electron chi connectivity index (χ4n) is 5.35. The van der Waals surface area contributed by atoms with E-state index in [1.54, 1.807) is 22.0 Å². The summed E-state index contributed by atoms with van der Waals surface area (Å²) in [4.78, 5) is 38.0. The van der Waals surface area contributed by atoms with Gasteiger partial charge >= 0.3 is 6.09 Å². The lowest BCUT2D eigenvalue weighted by atomic mass is 10.1. The van der Waals surface area contributed by atoms with Crippen molar-refractivity contribution in [3.8, 4) is 22.8 Å². The minimum atomic E-state index is -0.569. The number of nitrogens with zero attached hydrogens (tertiary/aromatic N) is 6. The molecule has 2 aromatic heterocycles. The van der Waals surface area contributed by atoms with E-state index in [-0.39, 0.29) is 24.1 Å². The van der Waals surface area contributed by atoms with Gasteiger partial charge in [0.1, 0.15) is 34.9 Å². The third kappa shape index (κ3) is 6.51. The SMILES string of the molecule is CC(C)(C)OC(=O)N(CC=CC(=O)N1CC[C@@H](n2nc(-c3ccc(Oc4ccccc4)cc3)c3c(N)ncnc32)C1)C1CC1. The van der Waals surface area contributed by atoms with Gasteiger partial charge in [-0.1, -0.05) is 24.3 Å². The van der Waals surface area contributed by atoms with Gasteiger partial charge in [-0.25, -0.2) is 19.4 Å². The maximum Gasteiger partial charge on any atom is 0.410 e. The molecule has 2 N–H and O–H groups in total. The molecule has 0 bridgehead atoms. The molecule has 44 heavy (non-hydrogen) atoms. The molecule has 3 heterocycles. The van der Waals surface area contributed by atoms with Gasteiger partial charge in [0.2, 0.25) is 5.91 Å².